The minimum Gasteiger partial charge on any atom is -0.462 e. The maximum absolute atomic E-state index is 12.0. The second-order valence-electron chi connectivity index (χ2n) is 5.09. The zero-order valence-corrected chi connectivity index (χ0v) is 12.2. The van der Waals surface area contributed by atoms with E-state index < -0.39 is 0 Å². The van der Waals surface area contributed by atoms with E-state index in [4.69, 9.17) is 11.2 Å². The molecule has 0 aromatic heterocycles. The van der Waals surface area contributed by atoms with Crippen LogP contribution in [0.4, 0.5) is 0 Å². The molecule has 2 atom stereocenters. The van der Waals surface area contributed by atoms with Crippen molar-refractivity contribution in [1.82, 2.24) is 0 Å². The van der Waals surface area contributed by atoms with Crippen LogP contribution in [0.5, 0.6) is 0 Å². The van der Waals surface area contributed by atoms with Gasteiger partial charge in [-0.25, -0.2) is 4.79 Å². The van der Waals surface area contributed by atoms with Crippen molar-refractivity contribution in [1.29, 1.82) is 0 Å². The number of hydrogen-bond donors (Lipinski definition) is 0. The first-order valence-corrected chi connectivity index (χ1v) is 7.37. The lowest BCUT2D eigenvalue weighted by Gasteiger charge is -2.18. The number of aliphatic imine (C=N–C) groups is 1. The van der Waals surface area contributed by atoms with Crippen LogP contribution in [0.15, 0.2) is 4.99 Å². The average Bonchev–Trinajstić information content (AvgIpc) is 2.50. The highest BCUT2D eigenvalue weighted by Crippen LogP contribution is 2.25. The molecule has 1 aliphatic heterocycles. The van der Waals surface area contributed by atoms with Gasteiger partial charge in [0.2, 0.25) is 0 Å². The van der Waals surface area contributed by atoms with Crippen LogP contribution in [-0.2, 0) is 9.53 Å². The highest BCUT2D eigenvalue weighted by atomic mass is 16.5. The standard InChI is InChI=1S/C16H25NO2/c1-4-8-13-9-7-12-17-15(16(18)19-6-3)14(5-2)11-10-13/h1,13-14H,5-12H2,2-3H3/b17-15+. The van der Waals surface area contributed by atoms with Crippen LogP contribution >= 0.6 is 0 Å². The summed E-state index contributed by atoms with van der Waals surface area (Å²) in [6.07, 6.45) is 11.4. The number of ether oxygens (including phenoxy) is 1. The first-order chi connectivity index (χ1) is 9.22. The van der Waals surface area contributed by atoms with Crippen molar-refractivity contribution in [3.63, 3.8) is 0 Å². The van der Waals surface area contributed by atoms with Gasteiger partial charge in [0.25, 0.3) is 0 Å². The van der Waals surface area contributed by atoms with Crippen molar-refractivity contribution in [3.8, 4) is 12.3 Å². The van der Waals surface area contributed by atoms with Crippen LogP contribution in [0.25, 0.3) is 0 Å². The quantitative estimate of drug-likeness (QED) is 0.577. The number of terminal acetylenes is 1. The van der Waals surface area contributed by atoms with Gasteiger partial charge < -0.3 is 4.74 Å². The lowest BCUT2D eigenvalue weighted by Crippen LogP contribution is -2.26. The van der Waals surface area contributed by atoms with Crippen molar-refractivity contribution in [2.75, 3.05) is 13.2 Å². The Morgan fingerprint density at radius 2 is 2.21 bits per heavy atom. The largest absolute Gasteiger partial charge is 0.462 e. The van der Waals surface area contributed by atoms with Gasteiger partial charge in [0.15, 0.2) is 0 Å². The Kier molecular flexibility index (Phi) is 7.25. The maximum atomic E-state index is 12.0. The molecular formula is C16H25NO2. The van der Waals surface area contributed by atoms with E-state index in [1.807, 2.05) is 6.92 Å². The summed E-state index contributed by atoms with van der Waals surface area (Å²) in [6, 6.07) is 0. The van der Waals surface area contributed by atoms with Crippen LogP contribution in [0.3, 0.4) is 0 Å². The summed E-state index contributed by atoms with van der Waals surface area (Å²) in [5.41, 5.74) is 0.644. The lowest BCUT2D eigenvalue weighted by atomic mass is 9.88. The number of carbonyl (C=O) groups excluding carboxylic acids is 1. The molecule has 3 nitrogen and oxygen atoms in total. The molecule has 0 aliphatic carbocycles. The van der Waals surface area contributed by atoms with Gasteiger partial charge in [0.05, 0.1) is 6.61 Å². The fourth-order valence-electron chi connectivity index (χ4n) is 2.63. The summed E-state index contributed by atoms with van der Waals surface area (Å²) < 4.78 is 5.12. The normalized spacial score (nSPS) is 27.1. The van der Waals surface area contributed by atoms with Crippen LogP contribution < -0.4 is 0 Å². The second-order valence-corrected chi connectivity index (χ2v) is 5.09. The molecule has 3 heteroatoms. The maximum Gasteiger partial charge on any atom is 0.352 e. The summed E-state index contributed by atoms with van der Waals surface area (Å²) in [7, 11) is 0. The molecule has 0 spiro atoms. The van der Waals surface area contributed by atoms with Crippen molar-refractivity contribution in [2.24, 2.45) is 16.8 Å². The molecule has 1 aliphatic rings. The molecule has 19 heavy (non-hydrogen) atoms. The van der Waals surface area contributed by atoms with Gasteiger partial charge in [-0.15, -0.1) is 12.3 Å². The fourth-order valence-corrected chi connectivity index (χ4v) is 2.63. The van der Waals surface area contributed by atoms with E-state index in [2.05, 4.69) is 17.8 Å². The van der Waals surface area contributed by atoms with Gasteiger partial charge in [-0.1, -0.05) is 6.92 Å². The first-order valence-electron chi connectivity index (χ1n) is 7.37. The zero-order chi connectivity index (χ0) is 14.1. The minimum atomic E-state index is -0.232. The third kappa shape index (κ3) is 5.06. The first kappa shape index (κ1) is 15.8. The summed E-state index contributed by atoms with van der Waals surface area (Å²) >= 11 is 0. The number of hydrogen-bond acceptors (Lipinski definition) is 3. The Balaban J connectivity index is 2.75. The molecule has 0 saturated heterocycles. The molecule has 1 rings (SSSR count). The van der Waals surface area contributed by atoms with Crippen LogP contribution in [-0.4, -0.2) is 24.8 Å². The SMILES string of the molecule is C#CCC1CCC/N=C(/C(=O)OCC)C(CC)CC1. The molecule has 0 amide bonds. The molecule has 0 N–H and O–H groups in total. The van der Waals surface area contributed by atoms with Crippen LogP contribution in [0.2, 0.25) is 0 Å². The van der Waals surface area contributed by atoms with Gasteiger partial charge in [0, 0.05) is 18.9 Å². The summed E-state index contributed by atoms with van der Waals surface area (Å²) in [6.45, 7) is 5.06. The van der Waals surface area contributed by atoms with Crippen molar-refractivity contribution >= 4 is 11.7 Å². The van der Waals surface area contributed by atoms with E-state index in [9.17, 15) is 4.79 Å². The molecule has 2 unspecified atom stereocenters. The number of rotatable bonds is 4. The smallest absolute Gasteiger partial charge is 0.352 e. The molecule has 0 radical (unpaired) electrons. The Bertz CT molecular complexity index is 354. The van der Waals surface area contributed by atoms with Crippen molar-refractivity contribution < 1.29 is 9.53 Å². The van der Waals surface area contributed by atoms with Gasteiger partial charge in [-0.2, -0.15) is 0 Å². The number of nitrogens with zero attached hydrogens (tertiary/aromatic N) is 1. The molecule has 0 aromatic rings. The molecule has 0 aromatic carbocycles. The fraction of sp³-hybridized carbons (Fsp3) is 0.750. The molecule has 0 bridgehead atoms. The van der Waals surface area contributed by atoms with E-state index in [0.717, 1.165) is 38.5 Å². The minimum absolute atomic E-state index is 0.220. The monoisotopic (exact) mass is 263 g/mol. The highest BCUT2D eigenvalue weighted by Gasteiger charge is 2.24. The molecule has 1 heterocycles. The Morgan fingerprint density at radius 1 is 1.42 bits per heavy atom. The third-order valence-electron chi connectivity index (χ3n) is 3.75. The van der Waals surface area contributed by atoms with E-state index in [0.29, 0.717) is 24.8 Å². The van der Waals surface area contributed by atoms with E-state index in [1.54, 1.807) is 0 Å². The van der Waals surface area contributed by atoms with Gasteiger partial charge in [-0.3, -0.25) is 4.99 Å². The van der Waals surface area contributed by atoms with Crippen molar-refractivity contribution in [3.05, 3.63) is 0 Å². The molecule has 0 saturated carbocycles. The van der Waals surface area contributed by atoms with Gasteiger partial charge >= 0.3 is 5.97 Å². The van der Waals surface area contributed by atoms with Gasteiger partial charge in [0.1, 0.15) is 5.71 Å². The highest BCUT2D eigenvalue weighted by molar-refractivity contribution is 6.37. The second kappa shape index (κ2) is 8.74. The summed E-state index contributed by atoms with van der Waals surface area (Å²) in [5.74, 6) is 3.33. The lowest BCUT2D eigenvalue weighted by molar-refractivity contribution is -0.135. The molecule has 106 valence electrons. The van der Waals surface area contributed by atoms with Crippen LogP contribution in [0, 0.1) is 24.2 Å². The van der Waals surface area contributed by atoms with E-state index >= 15 is 0 Å². The summed E-state index contributed by atoms with van der Waals surface area (Å²) in [5, 5.41) is 0. The van der Waals surface area contributed by atoms with Gasteiger partial charge in [-0.05, 0) is 44.9 Å². The van der Waals surface area contributed by atoms with E-state index in [-0.39, 0.29) is 11.9 Å². The Labute approximate surface area is 116 Å². The average molecular weight is 263 g/mol. The van der Waals surface area contributed by atoms with Crippen LogP contribution in [0.1, 0.15) is 52.4 Å². The molecular weight excluding hydrogens is 238 g/mol. The number of carbonyl (C=O) groups is 1. The predicted octanol–water partition coefficient (Wildman–Crippen LogP) is 3.23. The third-order valence-corrected chi connectivity index (χ3v) is 3.75. The topological polar surface area (TPSA) is 38.7 Å². The van der Waals surface area contributed by atoms with E-state index in [1.165, 1.54) is 0 Å². The Hall–Kier alpha value is -1.30. The predicted molar refractivity (Wildman–Crippen MR) is 78.1 cm³/mol. The summed E-state index contributed by atoms with van der Waals surface area (Å²) in [4.78, 5) is 16.5. The Morgan fingerprint density at radius 3 is 2.84 bits per heavy atom. The van der Waals surface area contributed by atoms with Crippen molar-refractivity contribution in [2.45, 2.75) is 52.4 Å². The number of esters is 1. The molecule has 0 fully saturated rings. The zero-order valence-electron chi connectivity index (χ0n) is 12.2.